The number of amides is 2. The average Bonchev–Trinajstić information content (AvgIpc) is 2.83. The number of nitrogens with zero attached hydrogens (tertiary/aromatic N) is 1. The van der Waals surface area contributed by atoms with Crippen molar-refractivity contribution in [1.82, 2.24) is 5.43 Å². The fourth-order valence-electron chi connectivity index (χ4n) is 2.74. The minimum atomic E-state index is -0.962. The number of carbonyl (C=O) groups excluding carboxylic acids is 3. The summed E-state index contributed by atoms with van der Waals surface area (Å²) in [5.74, 6) is -1.65. The maximum atomic E-state index is 12.5. The Morgan fingerprint density at radius 3 is 2.15 bits per heavy atom. The molecule has 8 nitrogen and oxygen atoms in total. The van der Waals surface area contributed by atoms with E-state index in [1.807, 2.05) is 0 Å². The van der Waals surface area contributed by atoms with Gasteiger partial charge in [0.1, 0.15) is 11.5 Å². The molecule has 3 rings (SSSR count). The topological polar surface area (TPSA) is 106 Å². The van der Waals surface area contributed by atoms with Gasteiger partial charge in [0.15, 0.2) is 0 Å². The van der Waals surface area contributed by atoms with Crippen molar-refractivity contribution in [2.24, 2.45) is 5.10 Å². The first-order valence-electron chi connectivity index (χ1n) is 9.75. The summed E-state index contributed by atoms with van der Waals surface area (Å²) in [5, 5.41) is 6.69. The van der Waals surface area contributed by atoms with E-state index in [2.05, 4.69) is 15.8 Å². The van der Waals surface area contributed by atoms with Crippen LogP contribution in [0.2, 0.25) is 5.02 Å². The first kappa shape index (κ1) is 23.5. The second-order valence-corrected chi connectivity index (χ2v) is 7.09. The van der Waals surface area contributed by atoms with Crippen LogP contribution in [-0.2, 0) is 9.59 Å². The van der Waals surface area contributed by atoms with Crippen LogP contribution in [0, 0.1) is 0 Å². The number of esters is 1. The van der Waals surface area contributed by atoms with Crippen molar-refractivity contribution < 1.29 is 23.9 Å². The lowest BCUT2D eigenvalue weighted by molar-refractivity contribution is -0.136. The summed E-state index contributed by atoms with van der Waals surface area (Å²) >= 11 is 6.06. The number of hydrazone groups is 1. The number of ether oxygens (including phenoxy) is 2. The van der Waals surface area contributed by atoms with Gasteiger partial charge in [0.05, 0.1) is 23.4 Å². The summed E-state index contributed by atoms with van der Waals surface area (Å²) in [5.41, 5.74) is 3.61. The number of nitrogens with one attached hydrogen (secondary N) is 2. The highest BCUT2D eigenvalue weighted by atomic mass is 35.5. The van der Waals surface area contributed by atoms with E-state index >= 15 is 0 Å². The van der Waals surface area contributed by atoms with E-state index in [1.165, 1.54) is 7.11 Å². The monoisotopic (exact) mass is 465 g/mol. The molecule has 3 aromatic carbocycles. The van der Waals surface area contributed by atoms with Crippen molar-refractivity contribution in [3.63, 3.8) is 0 Å². The van der Waals surface area contributed by atoms with Crippen molar-refractivity contribution in [2.45, 2.75) is 6.92 Å². The number of benzene rings is 3. The van der Waals surface area contributed by atoms with Gasteiger partial charge in [0, 0.05) is 11.3 Å². The number of rotatable bonds is 6. The number of methoxy groups -OCH3 is 1. The van der Waals surface area contributed by atoms with E-state index in [0.717, 1.165) is 0 Å². The number of para-hydroxylation sites is 1. The summed E-state index contributed by atoms with van der Waals surface area (Å²) in [6.45, 7) is 1.60. The predicted octanol–water partition coefficient (Wildman–Crippen LogP) is 4.05. The maximum absolute atomic E-state index is 12.5. The minimum absolute atomic E-state index is 0.215. The Hall–Kier alpha value is -4.17. The van der Waals surface area contributed by atoms with Gasteiger partial charge in [-0.25, -0.2) is 10.2 Å². The SMILES string of the molecule is COc1ccc(NC(=O)C(=O)N/N=C(\C)c2ccccc2OC(=O)c2ccccc2Cl)cc1. The van der Waals surface area contributed by atoms with E-state index < -0.39 is 17.8 Å². The first-order chi connectivity index (χ1) is 15.9. The first-order valence-corrected chi connectivity index (χ1v) is 10.1. The third-order valence-electron chi connectivity index (χ3n) is 4.45. The standard InChI is InChI=1S/C24H20ClN3O5/c1-15(27-28-23(30)22(29)26-16-11-13-17(32-2)14-12-16)18-7-4-6-10-21(18)33-24(31)19-8-3-5-9-20(19)25/h3-14H,1-2H3,(H,26,29)(H,28,30)/b27-15+. The van der Waals surface area contributed by atoms with Gasteiger partial charge in [-0.1, -0.05) is 35.9 Å². The molecule has 2 N–H and O–H groups in total. The highest BCUT2D eigenvalue weighted by Crippen LogP contribution is 2.22. The van der Waals surface area contributed by atoms with E-state index in [0.29, 0.717) is 22.7 Å². The van der Waals surface area contributed by atoms with Gasteiger partial charge in [-0.2, -0.15) is 5.10 Å². The highest BCUT2D eigenvalue weighted by Gasteiger charge is 2.17. The molecule has 9 heteroatoms. The molecule has 0 aromatic heterocycles. The molecule has 3 aromatic rings. The molecule has 0 spiro atoms. The summed E-state index contributed by atoms with van der Waals surface area (Å²) in [6, 6.07) is 19.7. The summed E-state index contributed by atoms with van der Waals surface area (Å²) in [6.07, 6.45) is 0. The van der Waals surface area contributed by atoms with Crippen molar-refractivity contribution in [1.29, 1.82) is 0 Å². The molecule has 0 unspecified atom stereocenters. The average molecular weight is 466 g/mol. The van der Waals surface area contributed by atoms with Crippen LogP contribution in [-0.4, -0.2) is 30.6 Å². The Balaban J connectivity index is 1.67. The van der Waals surface area contributed by atoms with E-state index in [9.17, 15) is 14.4 Å². The van der Waals surface area contributed by atoms with Crippen molar-refractivity contribution in [3.05, 3.63) is 88.9 Å². The van der Waals surface area contributed by atoms with Gasteiger partial charge >= 0.3 is 17.8 Å². The van der Waals surface area contributed by atoms with E-state index in [4.69, 9.17) is 21.1 Å². The molecule has 0 fully saturated rings. The third-order valence-corrected chi connectivity index (χ3v) is 4.78. The molecule has 0 heterocycles. The van der Waals surface area contributed by atoms with Crippen molar-refractivity contribution in [3.8, 4) is 11.5 Å². The van der Waals surface area contributed by atoms with Crippen LogP contribution < -0.4 is 20.2 Å². The van der Waals surface area contributed by atoms with E-state index in [-0.39, 0.29) is 16.3 Å². The number of carbonyl (C=O) groups is 3. The number of anilines is 1. The molecule has 0 aliphatic heterocycles. The number of halogens is 1. The van der Waals surface area contributed by atoms with Crippen LogP contribution >= 0.6 is 11.6 Å². The van der Waals surface area contributed by atoms with Gasteiger partial charge in [-0.05, 0) is 55.5 Å². The van der Waals surface area contributed by atoms with Gasteiger partial charge in [-0.15, -0.1) is 0 Å². The maximum Gasteiger partial charge on any atom is 0.345 e. The Morgan fingerprint density at radius 2 is 1.48 bits per heavy atom. The van der Waals surface area contributed by atoms with Crippen LogP contribution in [0.5, 0.6) is 11.5 Å². The van der Waals surface area contributed by atoms with Gasteiger partial charge in [0.2, 0.25) is 0 Å². The molecule has 33 heavy (non-hydrogen) atoms. The van der Waals surface area contributed by atoms with Crippen LogP contribution in [0.15, 0.2) is 77.9 Å². The largest absolute Gasteiger partial charge is 0.497 e. The molecule has 0 atom stereocenters. The Bertz CT molecular complexity index is 1210. The highest BCUT2D eigenvalue weighted by molar-refractivity contribution is 6.39. The van der Waals surface area contributed by atoms with Crippen LogP contribution in [0.4, 0.5) is 5.69 Å². The summed E-state index contributed by atoms with van der Waals surface area (Å²) in [7, 11) is 1.53. The van der Waals surface area contributed by atoms with Gasteiger partial charge < -0.3 is 14.8 Å². The zero-order chi connectivity index (χ0) is 23.8. The smallest absolute Gasteiger partial charge is 0.345 e. The molecule has 2 amide bonds. The number of hydrogen-bond acceptors (Lipinski definition) is 6. The number of hydrogen-bond donors (Lipinski definition) is 2. The van der Waals surface area contributed by atoms with Crippen molar-refractivity contribution in [2.75, 3.05) is 12.4 Å². The van der Waals surface area contributed by atoms with Crippen molar-refractivity contribution >= 4 is 40.8 Å². The molecule has 0 aliphatic rings. The minimum Gasteiger partial charge on any atom is -0.497 e. The molecular weight excluding hydrogens is 446 g/mol. The Labute approximate surface area is 195 Å². The predicted molar refractivity (Wildman–Crippen MR) is 125 cm³/mol. The zero-order valence-electron chi connectivity index (χ0n) is 17.8. The quantitative estimate of drug-likeness (QED) is 0.188. The lowest BCUT2D eigenvalue weighted by Gasteiger charge is -2.11. The second-order valence-electron chi connectivity index (χ2n) is 6.69. The molecule has 168 valence electrons. The van der Waals surface area contributed by atoms with E-state index in [1.54, 1.807) is 79.7 Å². The Morgan fingerprint density at radius 1 is 0.848 bits per heavy atom. The second kappa shape index (κ2) is 10.9. The lowest BCUT2D eigenvalue weighted by Crippen LogP contribution is -2.33. The fraction of sp³-hybridized carbons (Fsp3) is 0.0833. The molecule has 0 bridgehead atoms. The normalized spacial score (nSPS) is 10.8. The van der Waals surface area contributed by atoms with Crippen LogP contribution in [0.3, 0.4) is 0 Å². The lowest BCUT2D eigenvalue weighted by atomic mass is 10.1. The summed E-state index contributed by atoms with van der Waals surface area (Å²) in [4.78, 5) is 36.8. The zero-order valence-corrected chi connectivity index (χ0v) is 18.6. The fourth-order valence-corrected chi connectivity index (χ4v) is 2.96. The van der Waals surface area contributed by atoms with Gasteiger partial charge in [-0.3, -0.25) is 9.59 Å². The van der Waals surface area contributed by atoms with Crippen LogP contribution in [0.25, 0.3) is 0 Å². The third kappa shape index (κ3) is 6.18. The Kier molecular flexibility index (Phi) is 7.77. The molecule has 0 saturated heterocycles. The molecular formula is C24H20ClN3O5. The molecule has 0 saturated carbocycles. The summed E-state index contributed by atoms with van der Waals surface area (Å²) < 4.78 is 10.5. The molecule has 0 radical (unpaired) electrons. The van der Waals surface area contributed by atoms with Crippen LogP contribution in [0.1, 0.15) is 22.8 Å². The molecule has 0 aliphatic carbocycles. The van der Waals surface area contributed by atoms with Gasteiger partial charge in [0.25, 0.3) is 0 Å².